The molecule has 0 spiro atoms. The summed E-state index contributed by atoms with van der Waals surface area (Å²) in [6.07, 6.45) is 0. The number of methoxy groups -OCH3 is 1. The SMILES string of the molecule is COC(=O)c1sc2nc(Cl)nc(N(C)c3ccccc3)c2c1C. The van der Waals surface area contributed by atoms with E-state index in [1.54, 1.807) is 0 Å². The van der Waals surface area contributed by atoms with Crippen LogP contribution in [0.15, 0.2) is 30.3 Å². The van der Waals surface area contributed by atoms with Crippen LogP contribution in [0.5, 0.6) is 0 Å². The van der Waals surface area contributed by atoms with Gasteiger partial charge in [0.15, 0.2) is 0 Å². The molecule has 3 aromatic rings. The fourth-order valence-electron chi connectivity index (χ4n) is 2.40. The third-order valence-electron chi connectivity index (χ3n) is 3.58. The minimum Gasteiger partial charge on any atom is -0.465 e. The van der Waals surface area contributed by atoms with Gasteiger partial charge in [0.1, 0.15) is 15.5 Å². The molecular formula is C16H14ClN3O2S. The number of ether oxygens (including phenoxy) is 1. The van der Waals surface area contributed by atoms with E-state index in [0.717, 1.165) is 16.6 Å². The van der Waals surface area contributed by atoms with Gasteiger partial charge in [-0.1, -0.05) is 18.2 Å². The lowest BCUT2D eigenvalue weighted by atomic mass is 10.2. The number of anilines is 2. The third kappa shape index (κ3) is 2.75. The maximum Gasteiger partial charge on any atom is 0.348 e. The highest BCUT2D eigenvalue weighted by atomic mass is 35.5. The van der Waals surface area contributed by atoms with Crippen molar-refractivity contribution in [3.63, 3.8) is 0 Å². The topological polar surface area (TPSA) is 55.3 Å². The molecule has 2 heterocycles. The predicted molar refractivity (Wildman–Crippen MR) is 93.0 cm³/mol. The quantitative estimate of drug-likeness (QED) is 0.524. The van der Waals surface area contributed by atoms with E-state index < -0.39 is 0 Å². The Balaban J connectivity index is 2.24. The second-order valence-corrected chi connectivity index (χ2v) is 6.28. The normalized spacial score (nSPS) is 10.8. The molecular weight excluding hydrogens is 334 g/mol. The largest absolute Gasteiger partial charge is 0.465 e. The molecule has 0 fully saturated rings. The first kappa shape index (κ1) is 15.7. The number of para-hydroxylation sites is 1. The third-order valence-corrected chi connectivity index (χ3v) is 4.91. The molecule has 0 aliphatic rings. The molecule has 1 aromatic carbocycles. The van der Waals surface area contributed by atoms with Crippen LogP contribution in [0, 0.1) is 6.92 Å². The number of carbonyl (C=O) groups excluding carboxylic acids is 1. The number of fused-ring (bicyclic) bond motifs is 1. The molecule has 0 aliphatic heterocycles. The van der Waals surface area contributed by atoms with Crippen molar-refractivity contribution in [2.24, 2.45) is 0 Å². The van der Waals surface area contributed by atoms with Gasteiger partial charge >= 0.3 is 5.97 Å². The summed E-state index contributed by atoms with van der Waals surface area (Å²) in [5.41, 5.74) is 1.76. The standard InChI is InChI=1S/C16H14ClN3O2S/c1-9-11-13(20(2)10-7-5-4-6-8-10)18-16(17)19-14(11)23-12(9)15(21)22-3/h4-8H,1-3H3. The molecule has 3 rings (SSSR count). The van der Waals surface area contributed by atoms with Gasteiger partial charge in [0.25, 0.3) is 0 Å². The highest BCUT2D eigenvalue weighted by Gasteiger charge is 2.22. The van der Waals surface area contributed by atoms with Crippen molar-refractivity contribution < 1.29 is 9.53 Å². The Morgan fingerprint density at radius 2 is 1.96 bits per heavy atom. The van der Waals surface area contributed by atoms with Crippen molar-refractivity contribution >= 4 is 50.6 Å². The van der Waals surface area contributed by atoms with Gasteiger partial charge in [-0.25, -0.2) is 9.78 Å². The van der Waals surface area contributed by atoms with Gasteiger partial charge in [-0.2, -0.15) is 4.98 Å². The first-order valence-electron chi connectivity index (χ1n) is 6.86. The van der Waals surface area contributed by atoms with Crippen LogP contribution in [0.4, 0.5) is 11.5 Å². The molecule has 0 radical (unpaired) electrons. The number of aromatic nitrogens is 2. The van der Waals surface area contributed by atoms with Crippen LogP contribution in [0.3, 0.4) is 0 Å². The van der Waals surface area contributed by atoms with Crippen molar-refractivity contribution in [1.82, 2.24) is 9.97 Å². The van der Waals surface area contributed by atoms with Gasteiger partial charge in [0, 0.05) is 12.7 Å². The summed E-state index contributed by atoms with van der Waals surface area (Å²) in [5, 5.41) is 0.958. The highest BCUT2D eigenvalue weighted by Crippen LogP contribution is 2.38. The van der Waals surface area contributed by atoms with Crippen LogP contribution in [0.25, 0.3) is 10.2 Å². The molecule has 2 aromatic heterocycles. The lowest BCUT2D eigenvalue weighted by molar-refractivity contribution is 0.0605. The molecule has 118 valence electrons. The van der Waals surface area contributed by atoms with E-state index in [0.29, 0.717) is 15.5 Å². The van der Waals surface area contributed by atoms with Gasteiger partial charge in [-0.05, 0) is 36.2 Å². The number of thiophene rings is 1. The molecule has 0 saturated heterocycles. The summed E-state index contributed by atoms with van der Waals surface area (Å²) >= 11 is 7.33. The fourth-order valence-corrected chi connectivity index (χ4v) is 3.70. The molecule has 5 nitrogen and oxygen atoms in total. The molecule has 0 bridgehead atoms. The lowest BCUT2D eigenvalue weighted by Crippen LogP contribution is -2.12. The molecule has 0 saturated carbocycles. The van der Waals surface area contributed by atoms with Crippen molar-refractivity contribution in [1.29, 1.82) is 0 Å². The Hall–Kier alpha value is -2.18. The molecule has 0 N–H and O–H groups in total. The van der Waals surface area contributed by atoms with Crippen LogP contribution < -0.4 is 4.90 Å². The Bertz CT molecular complexity index is 880. The van der Waals surface area contributed by atoms with E-state index in [9.17, 15) is 4.79 Å². The zero-order chi connectivity index (χ0) is 16.6. The zero-order valence-corrected chi connectivity index (χ0v) is 14.4. The number of esters is 1. The van der Waals surface area contributed by atoms with Crippen molar-refractivity contribution in [3.05, 3.63) is 46.1 Å². The summed E-state index contributed by atoms with van der Waals surface area (Å²) < 4.78 is 4.84. The predicted octanol–water partition coefficient (Wildman–Crippen LogP) is 4.21. The smallest absolute Gasteiger partial charge is 0.348 e. The number of hydrogen-bond donors (Lipinski definition) is 0. The second kappa shape index (κ2) is 6.14. The maximum atomic E-state index is 11.9. The van der Waals surface area contributed by atoms with Gasteiger partial charge in [-0.3, -0.25) is 0 Å². The number of hydrogen-bond acceptors (Lipinski definition) is 6. The zero-order valence-electron chi connectivity index (χ0n) is 12.8. The summed E-state index contributed by atoms with van der Waals surface area (Å²) in [7, 11) is 3.27. The number of aryl methyl sites for hydroxylation is 1. The number of rotatable bonds is 3. The number of nitrogens with zero attached hydrogens (tertiary/aromatic N) is 3. The molecule has 0 amide bonds. The molecule has 23 heavy (non-hydrogen) atoms. The Morgan fingerprint density at radius 3 is 2.61 bits per heavy atom. The Morgan fingerprint density at radius 1 is 1.26 bits per heavy atom. The van der Waals surface area contributed by atoms with Gasteiger partial charge in [0.05, 0.1) is 12.5 Å². The minimum absolute atomic E-state index is 0.146. The molecule has 0 unspecified atom stereocenters. The maximum absolute atomic E-state index is 11.9. The lowest BCUT2D eigenvalue weighted by Gasteiger charge is -2.19. The first-order chi connectivity index (χ1) is 11.0. The summed E-state index contributed by atoms with van der Waals surface area (Å²) in [4.78, 5) is 23.7. The van der Waals surface area contributed by atoms with E-state index in [4.69, 9.17) is 16.3 Å². The first-order valence-corrected chi connectivity index (χ1v) is 8.06. The number of benzene rings is 1. The molecule has 7 heteroatoms. The van der Waals surface area contributed by atoms with Gasteiger partial charge in [-0.15, -0.1) is 11.3 Å². The van der Waals surface area contributed by atoms with Gasteiger partial charge in [0.2, 0.25) is 5.28 Å². The van der Waals surface area contributed by atoms with Crippen molar-refractivity contribution in [2.45, 2.75) is 6.92 Å². The summed E-state index contributed by atoms with van der Waals surface area (Å²) in [6.45, 7) is 1.87. The van der Waals surface area contributed by atoms with E-state index in [2.05, 4.69) is 9.97 Å². The number of carbonyl (C=O) groups is 1. The van der Waals surface area contributed by atoms with Crippen LogP contribution in [0.2, 0.25) is 5.28 Å². The van der Waals surface area contributed by atoms with Crippen LogP contribution >= 0.6 is 22.9 Å². The monoisotopic (exact) mass is 347 g/mol. The second-order valence-electron chi connectivity index (χ2n) is 4.94. The van der Waals surface area contributed by atoms with Crippen LogP contribution in [-0.2, 0) is 4.74 Å². The average molecular weight is 348 g/mol. The van der Waals surface area contributed by atoms with E-state index in [1.165, 1.54) is 18.4 Å². The average Bonchev–Trinajstić information content (AvgIpc) is 2.90. The van der Waals surface area contributed by atoms with E-state index >= 15 is 0 Å². The fraction of sp³-hybridized carbons (Fsp3) is 0.188. The van der Waals surface area contributed by atoms with Crippen molar-refractivity contribution in [2.75, 3.05) is 19.1 Å². The Labute approximate surface area is 142 Å². The van der Waals surface area contributed by atoms with Gasteiger partial charge < -0.3 is 9.64 Å². The minimum atomic E-state index is -0.380. The molecule has 0 atom stereocenters. The Kier molecular flexibility index (Phi) is 4.19. The molecule has 0 aliphatic carbocycles. The van der Waals surface area contributed by atoms with E-state index in [1.807, 2.05) is 49.2 Å². The summed E-state index contributed by atoms with van der Waals surface area (Å²) in [5.74, 6) is 0.282. The summed E-state index contributed by atoms with van der Waals surface area (Å²) in [6, 6.07) is 9.80. The van der Waals surface area contributed by atoms with Crippen LogP contribution in [-0.4, -0.2) is 30.1 Å². The van der Waals surface area contributed by atoms with Crippen LogP contribution in [0.1, 0.15) is 15.2 Å². The number of halogens is 1. The van der Waals surface area contributed by atoms with Crippen molar-refractivity contribution in [3.8, 4) is 0 Å². The van der Waals surface area contributed by atoms with E-state index in [-0.39, 0.29) is 11.3 Å². The highest BCUT2D eigenvalue weighted by molar-refractivity contribution is 7.20.